The fraction of sp³-hybridized carbons (Fsp3) is 1.00. The second-order valence-electron chi connectivity index (χ2n) is 5.04. The van der Waals surface area contributed by atoms with Crippen molar-refractivity contribution in [1.82, 2.24) is 0 Å². The van der Waals surface area contributed by atoms with E-state index < -0.39 is 62.7 Å². The third-order valence-corrected chi connectivity index (χ3v) is 2.96. The summed E-state index contributed by atoms with van der Waals surface area (Å²) in [7, 11) is 0. The van der Waals surface area contributed by atoms with Gasteiger partial charge in [-0.2, -0.15) is 0 Å². The lowest BCUT2D eigenvalue weighted by molar-refractivity contribution is -0.278. The van der Waals surface area contributed by atoms with Crippen molar-refractivity contribution in [1.29, 1.82) is 0 Å². The smallest absolute Gasteiger partial charge is 0.197 e. The molecule has 0 fully saturated rings. The Hall–Kier alpha value is -0.440. The molecule has 0 heterocycles. The van der Waals surface area contributed by atoms with Crippen LogP contribution < -0.4 is 11.5 Å². The lowest BCUT2D eigenvalue weighted by Gasteiger charge is -2.32. The maximum Gasteiger partial charge on any atom is 0.197 e. The molecular weight excluding hydrogens is 316 g/mol. The van der Waals surface area contributed by atoms with Crippen molar-refractivity contribution >= 4 is 0 Å². The van der Waals surface area contributed by atoms with Crippen LogP contribution in [-0.4, -0.2) is 93.3 Å². The molecule has 11 heteroatoms. The number of aliphatic hydroxyl groups is 6. The molecule has 23 heavy (non-hydrogen) atoms. The molecule has 0 aliphatic carbocycles. The molecule has 0 rings (SSSR count). The van der Waals surface area contributed by atoms with Crippen LogP contribution in [0.4, 0.5) is 0 Å². The Balaban J connectivity index is 4.77. The fourth-order valence-electron chi connectivity index (χ4n) is 1.54. The number of aliphatic hydroxyl groups excluding tert-OH is 6. The van der Waals surface area contributed by atoms with E-state index >= 15 is 0 Å². The standard InChI is InChI=1S/C12H28N2O9/c1-5(17)7(3-15)23-12(10(14)19)21-6(2)8(4-16)22-11(20)9(13)18/h5-12,15-20H,3-4,13-14H2,1-2H3/t5?,6?,7?,8?,9-,10-,11?,12?/m0/s1. The van der Waals surface area contributed by atoms with Gasteiger partial charge in [0.2, 0.25) is 0 Å². The summed E-state index contributed by atoms with van der Waals surface area (Å²) < 4.78 is 15.4. The molecule has 140 valence electrons. The fourth-order valence-corrected chi connectivity index (χ4v) is 1.54. The van der Waals surface area contributed by atoms with E-state index in [1.165, 1.54) is 13.8 Å². The summed E-state index contributed by atoms with van der Waals surface area (Å²) in [6, 6.07) is 0. The average Bonchev–Trinajstić information content (AvgIpc) is 2.47. The molecule has 0 aliphatic rings. The van der Waals surface area contributed by atoms with E-state index in [1.807, 2.05) is 0 Å². The second-order valence-corrected chi connectivity index (χ2v) is 5.04. The summed E-state index contributed by atoms with van der Waals surface area (Å²) in [6.45, 7) is 1.64. The Kier molecular flexibility index (Phi) is 11.0. The van der Waals surface area contributed by atoms with Crippen LogP contribution in [0, 0.1) is 0 Å². The first-order valence-electron chi connectivity index (χ1n) is 7.05. The zero-order valence-electron chi connectivity index (χ0n) is 13.1. The molecule has 0 bridgehead atoms. The van der Waals surface area contributed by atoms with Gasteiger partial charge in [0.1, 0.15) is 12.2 Å². The van der Waals surface area contributed by atoms with E-state index in [0.717, 1.165) is 0 Å². The molecule has 0 amide bonds. The normalized spacial score (nSPS) is 22.7. The lowest BCUT2D eigenvalue weighted by atomic mass is 10.2. The molecule has 0 saturated heterocycles. The van der Waals surface area contributed by atoms with Crippen molar-refractivity contribution in [3.05, 3.63) is 0 Å². The van der Waals surface area contributed by atoms with Gasteiger partial charge in [-0.25, -0.2) is 0 Å². The summed E-state index contributed by atoms with van der Waals surface area (Å²) in [5, 5.41) is 55.5. The molecule has 0 aromatic rings. The number of hydrogen-bond acceptors (Lipinski definition) is 11. The minimum atomic E-state index is -1.76. The van der Waals surface area contributed by atoms with Gasteiger partial charge in [-0.3, -0.25) is 0 Å². The molecule has 8 atom stereocenters. The summed E-state index contributed by atoms with van der Waals surface area (Å²) in [4.78, 5) is 0. The third-order valence-electron chi connectivity index (χ3n) is 2.96. The molecule has 11 nitrogen and oxygen atoms in total. The van der Waals surface area contributed by atoms with E-state index in [0.29, 0.717) is 0 Å². The van der Waals surface area contributed by atoms with Gasteiger partial charge in [0.25, 0.3) is 0 Å². The maximum atomic E-state index is 9.46. The van der Waals surface area contributed by atoms with Crippen molar-refractivity contribution in [2.75, 3.05) is 13.2 Å². The predicted octanol–water partition coefficient (Wildman–Crippen LogP) is -4.27. The van der Waals surface area contributed by atoms with Crippen molar-refractivity contribution in [2.24, 2.45) is 11.5 Å². The second kappa shape index (κ2) is 11.2. The van der Waals surface area contributed by atoms with Crippen LogP contribution in [0.3, 0.4) is 0 Å². The molecule has 0 spiro atoms. The van der Waals surface area contributed by atoms with Crippen LogP contribution in [0.15, 0.2) is 0 Å². The van der Waals surface area contributed by atoms with Gasteiger partial charge in [0, 0.05) is 0 Å². The molecule has 0 aromatic heterocycles. The zero-order chi connectivity index (χ0) is 18.2. The van der Waals surface area contributed by atoms with Crippen molar-refractivity contribution in [3.8, 4) is 0 Å². The highest BCUT2D eigenvalue weighted by molar-refractivity contribution is 4.71. The largest absolute Gasteiger partial charge is 0.394 e. The van der Waals surface area contributed by atoms with Crippen LogP contribution in [0.25, 0.3) is 0 Å². The first kappa shape index (κ1) is 22.6. The Labute approximate surface area is 134 Å². The van der Waals surface area contributed by atoms with Gasteiger partial charge < -0.3 is 56.3 Å². The molecule has 0 radical (unpaired) electrons. The topological polar surface area (TPSA) is 201 Å². The maximum absolute atomic E-state index is 9.46. The van der Waals surface area contributed by atoms with Gasteiger partial charge in [-0.05, 0) is 13.8 Å². The lowest BCUT2D eigenvalue weighted by Crippen LogP contribution is -2.49. The Morgan fingerprint density at radius 1 is 0.783 bits per heavy atom. The Morgan fingerprint density at radius 2 is 1.30 bits per heavy atom. The Bertz CT molecular complexity index is 306. The minimum absolute atomic E-state index is 0.545. The van der Waals surface area contributed by atoms with Crippen molar-refractivity contribution < 1.29 is 44.8 Å². The molecule has 0 aliphatic heterocycles. The minimum Gasteiger partial charge on any atom is -0.394 e. The van der Waals surface area contributed by atoms with E-state index in [4.69, 9.17) is 35.9 Å². The van der Waals surface area contributed by atoms with E-state index in [-0.39, 0.29) is 0 Å². The first-order valence-corrected chi connectivity index (χ1v) is 7.05. The summed E-state index contributed by atoms with van der Waals surface area (Å²) in [5.74, 6) is 0. The average molecular weight is 344 g/mol. The molecular formula is C12H28N2O9. The monoisotopic (exact) mass is 344 g/mol. The summed E-state index contributed by atoms with van der Waals surface area (Å²) in [6.07, 6.45) is -10.7. The van der Waals surface area contributed by atoms with Gasteiger partial charge in [0.15, 0.2) is 25.0 Å². The van der Waals surface area contributed by atoms with Crippen LogP contribution in [0.5, 0.6) is 0 Å². The van der Waals surface area contributed by atoms with E-state index in [9.17, 15) is 20.4 Å². The number of hydrogen-bond donors (Lipinski definition) is 8. The summed E-state index contributed by atoms with van der Waals surface area (Å²) >= 11 is 0. The van der Waals surface area contributed by atoms with E-state index in [1.54, 1.807) is 0 Å². The van der Waals surface area contributed by atoms with Gasteiger partial charge in [-0.15, -0.1) is 0 Å². The zero-order valence-corrected chi connectivity index (χ0v) is 13.1. The third kappa shape index (κ3) is 8.28. The van der Waals surface area contributed by atoms with Gasteiger partial charge in [-0.1, -0.05) is 0 Å². The molecule has 6 unspecified atom stereocenters. The number of ether oxygens (including phenoxy) is 3. The van der Waals surface area contributed by atoms with Crippen LogP contribution in [0.2, 0.25) is 0 Å². The quantitative estimate of drug-likeness (QED) is 0.159. The highest BCUT2D eigenvalue weighted by Gasteiger charge is 2.31. The van der Waals surface area contributed by atoms with Crippen molar-refractivity contribution in [2.45, 2.75) is 63.3 Å². The van der Waals surface area contributed by atoms with Crippen LogP contribution >= 0.6 is 0 Å². The number of rotatable bonds is 12. The van der Waals surface area contributed by atoms with Gasteiger partial charge in [0.05, 0.1) is 25.4 Å². The Morgan fingerprint density at radius 3 is 1.65 bits per heavy atom. The molecule has 0 aromatic carbocycles. The number of nitrogens with two attached hydrogens (primary N) is 2. The van der Waals surface area contributed by atoms with E-state index in [2.05, 4.69) is 0 Å². The molecule has 10 N–H and O–H groups in total. The van der Waals surface area contributed by atoms with Crippen molar-refractivity contribution in [3.63, 3.8) is 0 Å². The highest BCUT2D eigenvalue weighted by Crippen LogP contribution is 2.14. The SMILES string of the molecule is CC(O)C(CO)OC(OC(C)C(CO)OC(O)[C@@H](N)O)[C@@H](N)O. The molecule has 0 saturated carbocycles. The van der Waals surface area contributed by atoms with Gasteiger partial charge >= 0.3 is 0 Å². The first-order chi connectivity index (χ1) is 10.6. The predicted molar refractivity (Wildman–Crippen MR) is 76.3 cm³/mol. The van der Waals surface area contributed by atoms with Crippen LogP contribution in [0.1, 0.15) is 13.8 Å². The highest BCUT2D eigenvalue weighted by atomic mass is 16.7. The summed E-state index contributed by atoms with van der Waals surface area (Å²) in [5.41, 5.74) is 10.3. The van der Waals surface area contributed by atoms with Crippen LogP contribution in [-0.2, 0) is 14.2 Å².